The minimum Gasteiger partial charge on any atom is -0.497 e. The highest BCUT2D eigenvalue weighted by Gasteiger charge is 2.30. The van der Waals surface area contributed by atoms with Gasteiger partial charge in [0.15, 0.2) is 0 Å². The van der Waals surface area contributed by atoms with Crippen LogP contribution in [0.2, 0.25) is 0 Å². The highest BCUT2D eigenvalue weighted by atomic mass is 32.2. The van der Waals surface area contributed by atoms with Crippen molar-refractivity contribution in [2.45, 2.75) is 37.2 Å². The summed E-state index contributed by atoms with van der Waals surface area (Å²) in [5.41, 5.74) is 1.13. The van der Waals surface area contributed by atoms with Crippen molar-refractivity contribution in [2.24, 2.45) is 0 Å². The molecule has 2 aromatic rings. The number of rotatable bonds is 6. The van der Waals surface area contributed by atoms with Gasteiger partial charge in [0, 0.05) is 13.1 Å². The number of nitrogens with zero attached hydrogens (tertiary/aromatic N) is 1. The summed E-state index contributed by atoms with van der Waals surface area (Å²) >= 11 is 0. The summed E-state index contributed by atoms with van der Waals surface area (Å²) in [4.78, 5) is 0.365. The molecule has 0 saturated carbocycles. The lowest BCUT2D eigenvalue weighted by molar-refractivity contribution is 0.135. The quantitative estimate of drug-likeness (QED) is 0.776. The van der Waals surface area contributed by atoms with E-state index in [-0.39, 0.29) is 6.10 Å². The van der Waals surface area contributed by atoms with Crippen LogP contribution in [-0.4, -0.2) is 39.0 Å². The zero-order valence-electron chi connectivity index (χ0n) is 15.2. The highest BCUT2D eigenvalue weighted by Crippen LogP contribution is 2.25. The first-order chi connectivity index (χ1) is 12.5. The van der Waals surface area contributed by atoms with Crippen LogP contribution in [0.15, 0.2) is 53.4 Å². The van der Waals surface area contributed by atoms with Gasteiger partial charge in [-0.2, -0.15) is 4.31 Å². The van der Waals surface area contributed by atoms with Crippen LogP contribution in [0, 0.1) is 0 Å². The van der Waals surface area contributed by atoms with Gasteiger partial charge >= 0.3 is 0 Å². The van der Waals surface area contributed by atoms with Crippen LogP contribution in [-0.2, 0) is 16.4 Å². The molecule has 6 heteroatoms. The fourth-order valence-electron chi connectivity index (χ4n) is 3.08. The number of hydrogen-bond acceptors (Lipinski definition) is 4. The second-order valence-corrected chi connectivity index (χ2v) is 8.33. The molecule has 0 aliphatic carbocycles. The van der Waals surface area contributed by atoms with Crippen LogP contribution < -0.4 is 9.47 Å². The molecule has 140 valence electrons. The van der Waals surface area contributed by atoms with E-state index in [4.69, 9.17) is 9.47 Å². The average Bonchev–Trinajstić information content (AvgIpc) is 2.69. The number of hydrogen-bond donors (Lipinski definition) is 0. The third-order valence-corrected chi connectivity index (χ3v) is 6.65. The summed E-state index contributed by atoms with van der Waals surface area (Å²) in [5, 5.41) is 0. The number of sulfonamides is 1. The molecule has 2 aromatic carbocycles. The zero-order valence-corrected chi connectivity index (χ0v) is 16.0. The maximum atomic E-state index is 12.8. The van der Waals surface area contributed by atoms with Crippen molar-refractivity contribution in [3.8, 4) is 11.5 Å². The van der Waals surface area contributed by atoms with Crippen molar-refractivity contribution in [1.82, 2.24) is 4.31 Å². The molecule has 0 aromatic heterocycles. The van der Waals surface area contributed by atoms with Crippen molar-refractivity contribution < 1.29 is 17.9 Å². The first kappa shape index (κ1) is 18.7. The molecule has 0 bridgehead atoms. The molecule has 0 unspecified atom stereocenters. The molecule has 3 rings (SSSR count). The van der Waals surface area contributed by atoms with E-state index in [0.29, 0.717) is 30.8 Å². The smallest absolute Gasteiger partial charge is 0.243 e. The Morgan fingerprint density at radius 2 is 1.54 bits per heavy atom. The third kappa shape index (κ3) is 4.19. The first-order valence-electron chi connectivity index (χ1n) is 8.92. The lowest BCUT2D eigenvalue weighted by atomic mass is 10.1. The Kier molecular flexibility index (Phi) is 5.84. The van der Waals surface area contributed by atoms with E-state index in [0.717, 1.165) is 23.5 Å². The fraction of sp³-hybridized carbons (Fsp3) is 0.400. The fourth-order valence-corrected chi connectivity index (χ4v) is 4.55. The minimum atomic E-state index is -3.43. The zero-order chi connectivity index (χ0) is 18.6. The Labute approximate surface area is 155 Å². The number of ether oxygens (including phenoxy) is 2. The molecule has 1 aliphatic rings. The summed E-state index contributed by atoms with van der Waals surface area (Å²) < 4.78 is 38.3. The normalized spacial score (nSPS) is 16.4. The van der Waals surface area contributed by atoms with Gasteiger partial charge in [-0.05, 0) is 61.2 Å². The molecule has 1 aliphatic heterocycles. The summed E-state index contributed by atoms with van der Waals surface area (Å²) in [7, 11) is -1.80. The van der Waals surface area contributed by atoms with E-state index in [1.807, 2.05) is 36.4 Å². The summed E-state index contributed by atoms with van der Waals surface area (Å²) in [6.07, 6.45) is 2.28. The molecule has 0 amide bonds. The maximum Gasteiger partial charge on any atom is 0.243 e. The molecule has 0 atom stereocenters. The summed E-state index contributed by atoms with van der Waals surface area (Å²) in [6, 6.07) is 14.6. The van der Waals surface area contributed by atoms with Gasteiger partial charge in [-0.15, -0.1) is 0 Å². The van der Waals surface area contributed by atoms with Gasteiger partial charge in [0.25, 0.3) is 0 Å². The van der Waals surface area contributed by atoms with Gasteiger partial charge in [0.05, 0.1) is 12.0 Å². The first-order valence-corrected chi connectivity index (χ1v) is 10.4. The van der Waals surface area contributed by atoms with Crippen LogP contribution in [0.25, 0.3) is 0 Å². The minimum absolute atomic E-state index is 0.0253. The number of benzene rings is 2. The Balaban J connectivity index is 1.59. The molecule has 0 radical (unpaired) electrons. The van der Waals surface area contributed by atoms with Gasteiger partial charge in [-0.25, -0.2) is 8.42 Å². The van der Waals surface area contributed by atoms with Crippen molar-refractivity contribution >= 4 is 10.0 Å². The van der Waals surface area contributed by atoms with Crippen molar-refractivity contribution in [2.75, 3.05) is 20.2 Å². The monoisotopic (exact) mass is 375 g/mol. The second kappa shape index (κ2) is 8.10. The van der Waals surface area contributed by atoms with Crippen molar-refractivity contribution in [1.29, 1.82) is 0 Å². The van der Waals surface area contributed by atoms with Crippen LogP contribution in [0.1, 0.15) is 25.3 Å². The predicted octanol–water partition coefficient (Wildman–Crippen LogP) is 3.49. The molecule has 0 N–H and O–H groups in total. The van der Waals surface area contributed by atoms with Crippen LogP contribution in [0.3, 0.4) is 0 Å². The predicted molar refractivity (Wildman–Crippen MR) is 101 cm³/mol. The number of methoxy groups -OCH3 is 1. The van der Waals surface area contributed by atoms with Crippen LogP contribution >= 0.6 is 0 Å². The molecular weight excluding hydrogens is 350 g/mol. The molecule has 1 heterocycles. The molecule has 26 heavy (non-hydrogen) atoms. The van der Waals surface area contributed by atoms with Crippen LogP contribution in [0.4, 0.5) is 0 Å². The average molecular weight is 375 g/mol. The number of aryl methyl sites for hydroxylation is 1. The standard InChI is InChI=1S/C20H25NO4S/c1-3-16-4-10-20(11-5-16)26(22,23)21-14-12-19(13-15-21)25-18-8-6-17(24-2)7-9-18/h4-11,19H,3,12-15H2,1-2H3. The van der Waals surface area contributed by atoms with E-state index in [9.17, 15) is 8.42 Å². The Morgan fingerprint density at radius 3 is 2.08 bits per heavy atom. The van der Waals surface area contributed by atoms with Gasteiger partial charge < -0.3 is 9.47 Å². The second-order valence-electron chi connectivity index (χ2n) is 6.39. The van der Waals surface area contributed by atoms with Gasteiger partial charge in [-0.3, -0.25) is 0 Å². The van der Waals surface area contributed by atoms with Crippen molar-refractivity contribution in [3.63, 3.8) is 0 Å². The van der Waals surface area contributed by atoms with Gasteiger partial charge in [-0.1, -0.05) is 19.1 Å². The van der Waals surface area contributed by atoms with E-state index in [1.54, 1.807) is 23.5 Å². The topological polar surface area (TPSA) is 55.8 Å². The molecule has 1 fully saturated rings. The molecule has 1 saturated heterocycles. The third-order valence-electron chi connectivity index (χ3n) is 4.73. The Hall–Kier alpha value is -2.05. The maximum absolute atomic E-state index is 12.8. The van der Waals surface area contributed by atoms with Gasteiger partial charge in [0.1, 0.15) is 17.6 Å². The summed E-state index contributed by atoms with van der Waals surface area (Å²) in [5.74, 6) is 1.56. The van der Waals surface area contributed by atoms with E-state index in [2.05, 4.69) is 6.92 Å². The van der Waals surface area contributed by atoms with E-state index < -0.39 is 10.0 Å². The number of piperidine rings is 1. The molecule has 0 spiro atoms. The highest BCUT2D eigenvalue weighted by molar-refractivity contribution is 7.89. The van der Waals surface area contributed by atoms with Crippen LogP contribution in [0.5, 0.6) is 11.5 Å². The molecule has 5 nitrogen and oxygen atoms in total. The SMILES string of the molecule is CCc1ccc(S(=O)(=O)N2CCC(Oc3ccc(OC)cc3)CC2)cc1. The summed E-state index contributed by atoms with van der Waals surface area (Å²) in [6.45, 7) is 2.99. The van der Waals surface area contributed by atoms with Crippen molar-refractivity contribution in [3.05, 3.63) is 54.1 Å². The lowest BCUT2D eigenvalue weighted by Gasteiger charge is -2.31. The molecular formula is C20H25NO4S. The van der Waals surface area contributed by atoms with E-state index in [1.165, 1.54) is 0 Å². The largest absolute Gasteiger partial charge is 0.497 e. The van der Waals surface area contributed by atoms with E-state index >= 15 is 0 Å². The Morgan fingerprint density at radius 1 is 0.962 bits per heavy atom. The van der Waals surface area contributed by atoms with Gasteiger partial charge in [0.2, 0.25) is 10.0 Å². The Bertz CT molecular complexity index is 808. The lowest BCUT2D eigenvalue weighted by Crippen LogP contribution is -2.41.